The van der Waals surface area contributed by atoms with Crippen molar-refractivity contribution in [3.8, 4) is 0 Å². The molecule has 0 aliphatic rings. The number of hydrogen-bond acceptors (Lipinski definition) is 2. The van der Waals surface area contributed by atoms with E-state index < -0.39 is 29.6 Å². The van der Waals surface area contributed by atoms with Crippen molar-refractivity contribution in [3.05, 3.63) is 35.4 Å². The molecule has 2 N–H and O–H groups in total. The van der Waals surface area contributed by atoms with Crippen molar-refractivity contribution < 1.29 is 23.5 Å². The summed E-state index contributed by atoms with van der Waals surface area (Å²) in [7, 11) is 0. The van der Waals surface area contributed by atoms with Crippen LogP contribution in [-0.2, 0) is 16.0 Å². The first-order valence-electron chi connectivity index (χ1n) is 5.77. The highest BCUT2D eigenvalue weighted by atomic mass is 19.1. The van der Waals surface area contributed by atoms with E-state index in [1.807, 2.05) is 0 Å². The number of benzene rings is 1. The number of rotatable bonds is 5. The molecule has 0 bridgehead atoms. The molecular weight excluding hydrogens is 256 g/mol. The fourth-order valence-electron chi connectivity index (χ4n) is 1.58. The van der Waals surface area contributed by atoms with Gasteiger partial charge in [-0.2, -0.15) is 0 Å². The van der Waals surface area contributed by atoms with Crippen LogP contribution in [-0.4, -0.2) is 23.0 Å². The summed E-state index contributed by atoms with van der Waals surface area (Å²) in [6.45, 7) is 3.30. The fourth-order valence-corrected chi connectivity index (χ4v) is 1.58. The molecule has 0 aliphatic carbocycles. The Morgan fingerprint density at radius 3 is 2.42 bits per heavy atom. The van der Waals surface area contributed by atoms with Gasteiger partial charge in [0.2, 0.25) is 5.91 Å². The Hall–Kier alpha value is -1.98. The SMILES string of the molecule is CC(C)C(NC(=O)Cc1ccc(F)cc1F)C(=O)O. The number of halogens is 2. The summed E-state index contributed by atoms with van der Waals surface area (Å²) >= 11 is 0. The van der Waals surface area contributed by atoms with Crippen LogP contribution in [0.5, 0.6) is 0 Å². The Labute approximate surface area is 109 Å². The van der Waals surface area contributed by atoms with Crippen molar-refractivity contribution in [2.45, 2.75) is 26.3 Å². The van der Waals surface area contributed by atoms with Gasteiger partial charge in [-0.3, -0.25) is 4.79 Å². The molecular formula is C13H15F2NO3. The number of hydrogen-bond donors (Lipinski definition) is 2. The Bertz CT molecular complexity index is 489. The molecule has 0 fully saturated rings. The lowest BCUT2D eigenvalue weighted by molar-refractivity contribution is -0.143. The minimum atomic E-state index is -1.15. The first-order valence-corrected chi connectivity index (χ1v) is 5.77. The summed E-state index contributed by atoms with van der Waals surface area (Å²) in [6.07, 6.45) is -0.331. The third kappa shape index (κ3) is 4.31. The largest absolute Gasteiger partial charge is 0.480 e. The Kier molecular flexibility index (Phi) is 4.97. The second-order valence-corrected chi connectivity index (χ2v) is 4.54. The molecule has 0 aromatic heterocycles. The van der Waals surface area contributed by atoms with Gasteiger partial charge in [0, 0.05) is 6.07 Å². The summed E-state index contributed by atoms with van der Waals surface area (Å²) in [5, 5.41) is 11.2. The molecule has 1 aromatic carbocycles. The van der Waals surface area contributed by atoms with Crippen molar-refractivity contribution in [2.75, 3.05) is 0 Å². The Morgan fingerprint density at radius 2 is 1.95 bits per heavy atom. The highest BCUT2D eigenvalue weighted by Gasteiger charge is 2.23. The number of carbonyl (C=O) groups is 2. The predicted molar refractivity (Wildman–Crippen MR) is 64.5 cm³/mol. The average Bonchev–Trinajstić information content (AvgIpc) is 2.29. The second-order valence-electron chi connectivity index (χ2n) is 4.54. The van der Waals surface area contributed by atoms with E-state index in [0.29, 0.717) is 6.07 Å². The van der Waals surface area contributed by atoms with Gasteiger partial charge in [-0.15, -0.1) is 0 Å². The maximum absolute atomic E-state index is 13.3. The number of carboxylic acid groups (broad SMARTS) is 1. The van der Waals surface area contributed by atoms with E-state index in [1.54, 1.807) is 13.8 Å². The van der Waals surface area contributed by atoms with Crippen molar-refractivity contribution in [2.24, 2.45) is 5.92 Å². The molecule has 0 spiro atoms. The maximum Gasteiger partial charge on any atom is 0.326 e. The fraction of sp³-hybridized carbons (Fsp3) is 0.385. The van der Waals surface area contributed by atoms with E-state index in [1.165, 1.54) is 0 Å². The molecule has 0 saturated heterocycles. The Balaban J connectivity index is 2.72. The Morgan fingerprint density at radius 1 is 1.32 bits per heavy atom. The van der Waals surface area contributed by atoms with Gasteiger partial charge in [-0.1, -0.05) is 19.9 Å². The van der Waals surface area contributed by atoms with E-state index in [0.717, 1.165) is 12.1 Å². The zero-order valence-electron chi connectivity index (χ0n) is 10.6. The smallest absolute Gasteiger partial charge is 0.326 e. The van der Waals surface area contributed by atoms with Gasteiger partial charge in [0.05, 0.1) is 6.42 Å². The van der Waals surface area contributed by atoms with Crippen LogP contribution in [0.1, 0.15) is 19.4 Å². The van der Waals surface area contributed by atoms with Gasteiger partial charge in [0.1, 0.15) is 17.7 Å². The highest BCUT2D eigenvalue weighted by Crippen LogP contribution is 2.10. The lowest BCUT2D eigenvalue weighted by Gasteiger charge is -2.17. The van der Waals surface area contributed by atoms with Crippen LogP contribution in [0.15, 0.2) is 18.2 Å². The molecule has 0 radical (unpaired) electrons. The third-order valence-corrected chi connectivity index (χ3v) is 2.62. The lowest BCUT2D eigenvalue weighted by atomic mass is 10.0. The number of aliphatic carboxylic acids is 1. The van der Waals surface area contributed by atoms with Crippen LogP contribution in [0, 0.1) is 17.6 Å². The van der Waals surface area contributed by atoms with Crippen LogP contribution in [0.2, 0.25) is 0 Å². The van der Waals surface area contributed by atoms with Crippen molar-refractivity contribution in [3.63, 3.8) is 0 Å². The summed E-state index contributed by atoms with van der Waals surface area (Å²) in [4.78, 5) is 22.5. The lowest BCUT2D eigenvalue weighted by Crippen LogP contribution is -2.44. The molecule has 1 rings (SSSR count). The molecule has 0 aliphatic heterocycles. The molecule has 1 atom stereocenters. The first kappa shape index (κ1) is 15.1. The molecule has 0 heterocycles. The molecule has 19 heavy (non-hydrogen) atoms. The number of carboxylic acids is 1. The maximum atomic E-state index is 13.3. The van der Waals surface area contributed by atoms with E-state index in [9.17, 15) is 18.4 Å². The number of amides is 1. The van der Waals surface area contributed by atoms with Crippen LogP contribution in [0.4, 0.5) is 8.78 Å². The quantitative estimate of drug-likeness (QED) is 0.857. The molecule has 4 nitrogen and oxygen atoms in total. The van der Waals surface area contributed by atoms with Crippen LogP contribution < -0.4 is 5.32 Å². The van der Waals surface area contributed by atoms with E-state index >= 15 is 0 Å². The van der Waals surface area contributed by atoms with Crippen molar-refractivity contribution in [1.29, 1.82) is 0 Å². The average molecular weight is 271 g/mol. The highest BCUT2D eigenvalue weighted by molar-refractivity contribution is 5.85. The molecule has 1 amide bonds. The van der Waals surface area contributed by atoms with Gasteiger partial charge in [-0.05, 0) is 17.5 Å². The number of nitrogens with one attached hydrogen (secondary N) is 1. The third-order valence-electron chi connectivity index (χ3n) is 2.62. The topological polar surface area (TPSA) is 66.4 Å². The molecule has 1 aromatic rings. The predicted octanol–water partition coefficient (Wildman–Crippen LogP) is 1.73. The minimum absolute atomic E-state index is 0.0202. The minimum Gasteiger partial charge on any atom is -0.480 e. The zero-order valence-corrected chi connectivity index (χ0v) is 10.6. The van der Waals surface area contributed by atoms with Crippen molar-refractivity contribution in [1.82, 2.24) is 5.32 Å². The molecule has 1 unspecified atom stereocenters. The van der Waals surface area contributed by atoms with Crippen LogP contribution >= 0.6 is 0 Å². The summed E-state index contributed by atoms with van der Waals surface area (Å²) < 4.78 is 26.0. The van der Waals surface area contributed by atoms with E-state index in [-0.39, 0.29) is 17.9 Å². The van der Waals surface area contributed by atoms with Gasteiger partial charge in [0.15, 0.2) is 0 Å². The van der Waals surface area contributed by atoms with E-state index in [4.69, 9.17) is 5.11 Å². The van der Waals surface area contributed by atoms with Gasteiger partial charge >= 0.3 is 5.97 Å². The normalized spacial score (nSPS) is 12.3. The molecule has 0 saturated carbocycles. The standard InChI is InChI=1S/C13H15F2NO3/c1-7(2)12(13(18)19)16-11(17)5-8-3-4-9(14)6-10(8)15/h3-4,6-7,12H,5H2,1-2H3,(H,16,17)(H,18,19). The molecule has 6 heteroatoms. The monoisotopic (exact) mass is 271 g/mol. The second kappa shape index (κ2) is 6.26. The summed E-state index contributed by atoms with van der Waals surface area (Å²) in [5.41, 5.74) is 0.0202. The van der Waals surface area contributed by atoms with Crippen LogP contribution in [0.3, 0.4) is 0 Å². The summed E-state index contributed by atoms with van der Waals surface area (Å²) in [6, 6.07) is 1.86. The van der Waals surface area contributed by atoms with Crippen LogP contribution in [0.25, 0.3) is 0 Å². The molecule has 104 valence electrons. The van der Waals surface area contributed by atoms with Crippen molar-refractivity contribution >= 4 is 11.9 Å². The zero-order chi connectivity index (χ0) is 14.6. The van der Waals surface area contributed by atoms with Gasteiger partial charge in [-0.25, -0.2) is 13.6 Å². The summed E-state index contributed by atoms with van der Waals surface area (Å²) in [5.74, 6) is -3.62. The van der Waals surface area contributed by atoms with Gasteiger partial charge < -0.3 is 10.4 Å². The van der Waals surface area contributed by atoms with E-state index in [2.05, 4.69) is 5.32 Å². The van der Waals surface area contributed by atoms with Gasteiger partial charge in [0.25, 0.3) is 0 Å². The number of carbonyl (C=O) groups excluding carboxylic acids is 1. The first-order chi connectivity index (χ1) is 8.81.